The van der Waals surface area contributed by atoms with Crippen molar-refractivity contribution in [1.29, 1.82) is 0 Å². The monoisotopic (exact) mass is 316 g/mol. The second-order valence-corrected chi connectivity index (χ2v) is 8.04. The number of carbonyl (C=O) groups excluding carboxylic acids is 1. The van der Waals surface area contributed by atoms with Gasteiger partial charge in [-0.2, -0.15) is 0 Å². The lowest BCUT2D eigenvalue weighted by Gasteiger charge is -2.66. The number of rotatable bonds is 2. The fraction of sp³-hybridized carbons (Fsp3) is 0.435. The zero-order valence-electron chi connectivity index (χ0n) is 14.1. The molecule has 0 bridgehead atoms. The van der Waals surface area contributed by atoms with E-state index in [-0.39, 0.29) is 10.8 Å². The third-order valence-corrected chi connectivity index (χ3v) is 7.28. The second kappa shape index (κ2) is 4.81. The largest absolute Gasteiger partial charge is 0.298 e. The maximum absolute atomic E-state index is 13.7. The van der Waals surface area contributed by atoms with E-state index in [0.29, 0.717) is 5.78 Å². The van der Waals surface area contributed by atoms with Crippen LogP contribution in [-0.2, 0) is 10.2 Å². The second-order valence-electron chi connectivity index (χ2n) is 8.04. The maximum Gasteiger partial charge on any atom is 0.155 e. The molecule has 0 N–H and O–H groups in total. The zero-order chi connectivity index (χ0) is 16.3. The van der Waals surface area contributed by atoms with Crippen molar-refractivity contribution in [2.24, 2.45) is 10.8 Å². The van der Waals surface area contributed by atoms with Crippen molar-refractivity contribution in [1.82, 2.24) is 0 Å². The Balaban J connectivity index is 1.79. The van der Waals surface area contributed by atoms with Crippen LogP contribution in [0.3, 0.4) is 0 Å². The molecule has 0 atom stereocenters. The molecule has 1 nitrogen and oxygen atoms in total. The van der Waals surface area contributed by atoms with Crippen LogP contribution in [-0.4, -0.2) is 5.78 Å². The van der Waals surface area contributed by atoms with Gasteiger partial charge in [0.1, 0.15) is 0 Å². The van der Waals surface area contributed by atoms with Crippen molar-refractivity contribution in [3.05, 3.63) is 71.8 Å². The number of carbonyl (C=O) groups is 1. The molecule has 1 heteroatoms. The molecule has 0 aliphatic heterocycles. The highest BCUT2D eigenvalue weighted by atomic mass is 16.1. The molecule has 3 aliphatic carbocycles. The van der Waals surface area contributed by atoms with Crippen LogP contribution in [0.25, 0.3) is 0 Å². The normalized spacial score (nSPS) is 25.4. The van der Waals surface area contributed by atoms with Crippen molar-refractivity contribution in [3.63, 3.8) is 0 Å². The Morgan fingerprint density at radius 1 is 0.625 bits per heavy atom. The Kier molecular flexibility index (Phi) is 2.90. The van der Waals surface area contributed by atoms with Gasteiger partial charge < -0.3 is 0 Å². The average molecular weight is 316 g/mol. The van der Waals surface area contributed by atoms with Crippen LogP contribution in [0.2, 0.25) is 0 Å². The number of benzene rings is 2. The van der Waals surface area contributed by atoms with E-state index < -0.39 is 5.41 Å². The molecular weight excluding hydrogens is 292 g/mol. The van der Waals surface area contributed by atoms with Crippen molar-refractivity contribution in [3.8, 4) is 0 Å². The quantitative estimate of drug-likeness (QED) is 0.736. The number of fused-ring (bicyclic) bond motifs is 1. The minimum atomic E-state index is -0.410. The van der Waals surface area contributed by atoms with E-state index in [9.17, 15) is 4.79 Å². The van der Waals surface area contributed by atoms with Crippen molar-refractivity contribution < 1.29 is 4.79 Å². The predicted molar refractivity (Wildman–Crippen MR) is 95.9 cm³/mol. The first kappa shape index (κ1) is 14.5. The highest BCUT2D eigenvalue weighted by molar-refractivity contribution is 6.09. The predicted octanol–water partition coefficient (Wildman–Crippen LogP) is 5.29. The molecule has 3 aliphatic rings. The first-order chi connectivity index (χ1) is 11.8. The first-order valence-electron chi connectivity index (χ1n) is 9.44. The highest BCUT2D eigenvalue weighted by Crippen LogP contribution is 2.81. The van der Waals surface area contributed by atoms with E-state index in [2.05, 4.69) is 60.7 Å². The fourth-order valence-electron chi connectivity index (χ4n) is 6.29. The summed E-state index contributed by atoms with van der Waals surface area (Å²) in [5.41, 5.74) is 2.19. The SMILES string of the molecule is O=C1C2(CC2)C2(CCCCC2)C1(c1ccccc1)c1ccccc1. The molecule has 2 aromatic carbocycles. The van der Waals surface area contributed by atoms with E-state index in [4.69, 9.17) is 0 Å². The smallest absolute Gasteiger partial charge is 0.155 e. The van der Waals surface area contributed by atoms with Gasteiger partial charge in [0, 0.05) is 10.8 Å². The summed E-state index contributed by atoms with van der Waals surface area (Å²) in [4.78, 5) is 13.7. The molecule has 0 saturated heterocycles. The van der Waals surface area contributed by atoms with Crippen molar-refractivity contribution >= 4 is 5.78 Å². The number of ketones is 1. The van der Waals surface area contributed by atoms with Crippen LogP contribution >= 0.6 is 0 Å². The van der Waals surface area contributed by atoms with Gasteiger partial charge in [0.25, 0.3) is 0 Å². The lowest BCUT2D eigenvalue weighted by Crippen LogP contribution is -2.71. The van der Waals surface area contributed by atoms with Crippen LogP contribution in [0.15, 0.2) is 60.7 Å². The summed E-state index contributed by atoms with van der Waals surface area (Å²) in [5, 5.41) is 0. The lowest BCUT2D eigenvalue weighted by atomic mass is 9.34. The van der Waals surface area contributed by atoms with Crippen LogP contribution < -0.4 is 0 Å². The fourth-order valence-corrected chi connectivity index (χ4v) is 6.29. The van der Waals surface area contributed by atoms with Crippen LogP contribution in [0, 0.1) is 10.8 Å². The Bertz CT molecular complexity index is 725. The number of hydrogen-bond acceptors (Lipinski definition) is 1. The van der Waals surface area contributed by atoms with E-state index in [1.807, 2.05) is 0 Å². The summed E-state index contributed by atoms with van der Waals surface area (Å²) in [5.74, 6) is 0.509. The molecule has 0 heterocycles. The van der Waals surface area contributed by atoms with E-state index >= 15 is 0 Å². The van der Waals surface area contributed by atoms with E-state index in [1.165, 1.54) is 43.2 Å². The van der Waals surface area contributed by atoms with E-state index in [1.54, 1.807) is 0 Å². The zero-order valence-corrected chi connectivity index (χ0v) is 14.1. The van der Waals surface area contributed by atoms with Crippen LogP contribution in [0.1, 0.15) is 56.1 Å². The van der Waals surface area contributed by atoms with Gasteiger partial charge in [-0.15, -0.1) is 0 Å². The number of hydrogen-bond donors (Lipinski definition) is 0. The summed E-state index contributed by atoms with van der Waals surface area (Å²) in [7, 11) is 0. The molecule has 5 rings (SSSR count). The highest BCUT2D eigenvalue weighted by Gasteiger charge is 2.84. The molecule has 2 spiro atoms. The number of Topliss-reactive ketones (excluding diaryl/α,β-unsaturated/α-hetero) is 1. The molecule has 3 fully saturated rings. The van der Waals surface area contributed by atoms with Gasteiger partial charge in [-0.1, -0.05) is 79.9 Å². The topological polar surface area (TPSA) is 17.1 Å². The van der Waals surface area contributed by atoms with Gasteiger partial charge in [0.15, 0.2) is 5.78 Å². The summed E-state index contributed by atoms with van der Waals surface area (Å²) in [6.07, 6.45) is 8.53. The summed E-state index contributed by atoms with van der Waals surface area (Å²) >= 11 is 0. The van der Waals surface area contributed by atoms with Crippen molar-refractivity contribution in [2.45, 2.75) is 50.4 Å². The minimum absolute atomic E-state index is 0.000890. The Morgan fingerprint density at radius 3 is 1.58 bits per heavy atom. The standard InChI is InChI=1S/C23H24O/c24-20-21(16-17-21)22(14-8-3-9-15-22)23(20,18-10-4-1-5-11-18)19-12-6-2-7-13-19/h1-2,4-7,10-13H,3,8-9,14-17H2. The summed E-state index contributed by atoms with van der Waals surface area (Å²) in [6.45, 7) is 0. The van der Waals surface area contributed by atoms with Gasteiger partial charge >= 0.3 is 0 Å². The first-order valence-corrected chi connectivity index (χ1v) is 9.44. The molecule has 0 aromatic heterocycles. The molecule has 0 amide bonds. The lowest BCUT2D eigenvalue weighted by molar-refractivity contribution is -0.169. The van der Waals surface area contributed by atoms with Gasteiger partial charge in [0.05, 0.1) is 5.41 Å². The third-order valence-electron chi connectivity index (χ3n) is 7.28. The van der Waals surface area contributed by atoms with Gasteiger partial charge in [0.2, 0.25) is 0 Å². The van der Waals surface area contributed by atoms with Gasteiger partial charge in [-0.3, -0.25) is 4.79 Å². The molecule has 3 saturated carbocycles. The van der Waals surface area contributed by atoms with Gasteiger partial charge in [-0.25, -0.2) is 0 Å². The summed E-state index contributed by atoms with van der Waals surface area (Å²) in [6, 6.07) is 21.3. The van der Waals surface area contributed by atoms with Crippen molar-refractivity contribution in [2.75, 3.05) is 0 Å². The molecule has 2 aromatic rings. The molecule has 0 unspecified atom stereocenters. The Hall–Kier alpha value is -1.89. The molecule has 24 heavy (non-hydrogen) atoms. The molecule has 122 valence electrons. The average Bonchev–Trinajstić information content (AvgIpc) is 3.48. The Labute approximate surface area is 144 Å². The van der Waals surface area contributed by atoms with Crippen LogP contribution in [0.5, 0.6) is 0 Å². The summed E-state index contributed by atoms with van der Waals surface area (Å²) < 4.78 is 0. The van der Waals surface area contributed by atoms with Crippen LogP contribution in [0.4, 0.5) is 0 Å². The minimum Gasteiger partial charge on any atom is -0.298 e. The Morgan fingerprint density at radius 2 is 1.12 bits per heavy atom. The third kappa shape index (κ3) is 1.45. The molecular formula is C23H24O. The molecule has 0 radical (unpaired) electrons. The maximum atomic E-state index is 13.7. The van der Waals surface area contributed by atoms with Gasteiger partial charge in [-0.05, 0) is 36.8 Å². The van der Waals surface area contributed by atoms with E-state index in [0.717, 1.165) is 12.8 Å².